The fourth-order valence-corrected chi connectivity index (χ4v) is 4.35. The minimum absolute atomic E-state index is 0.0668. The Kier molecular flexibility index (Phi) is 4.73. The number of aliphatic imine (C=N–C) groups is 1. The minimum Gasteiger partial charge on any atom is -0.348 e. The molecule has 0 spiro atoms. The van der Waals surface area contributed by atoms with E-state index in [0.717, 1.165) is 42.9 Å². The first kappa shape index (κ1) is 15.8. The molecule has 3 heterocycles. The lowest BCUT2D eigenvalue weighted by Gasteiger charge is -2.35. The number of rotatable bonds is 2. The molecular weight excluding hydrogens is 316 g/mol. The molecule has 0 bridgehead atoms. The van der Waals surface area contributed by atoms with Crippen LogP contribution in [0.4, 0.5) is 0 Å². The van der Waals surface area contributed by atoms with Crippen molar-refractivity contribution >= 4 is 34.2 Å². The SMILES string of the molecule is CC(C)c1nc(C(=O)N2CCN(C3=NC[C@@H](C)S3)CC2)cs1. The van der Waals surface area contributed by atoms with Crippen LogP contribution < -0.4 is 0 Å². The third kappa shape index (κ3) is 3.30. The van der Waals surface area contributed by atoms with Crippen molar-refractivity contribution in [1.82, 2.24) is 14.8 Å². The maximum Gasteiger partial charge on any atom is 0.273 e. The smallest absolute Gasteiger partial charge is 0.273 e. The molecule has 0 aliphatic carbocycles. The second kappa shape index (κ2) is 6.58. The van der Waals surface area contributed by atoms with Crippen molar-refractivity contribution < 1.29 is 4.79 Å². The van der Waals surface area contributed by atoms with Gasteiger partial charge in [0.2, 0.25) is 0 Å². The van der Waals surface area contributed by atoms with Gasteiger partial charge in [0.15, 0.2) is 5.17 Å². The second-order valence-electron chi connectivity index (χ2n) is 6.06. The minimum atomic E-state index is 0.0668. The Morgan fingerprint density at radius 3 is 2.59 bits per heavy atom. The average molecular weight is 339 g/mol. The van der Waals surface area contributed by atoms with Crippen LogP contribution in [0.1, 0.15) is 42.2 Å². The molecule has 1 fully saturated rings. The van der Waals surface area contributed by atoms with Crippen LogP contribution >= 0.6 is 23.1 Å². The highest BCUT2D eigenvalue weighted by Crippen LogP contribution is 2.24. The summed E-state index contributed by atoms with van der Waals surface area (Å²) in [5, 5.41) is 4.66. The summed E-state index contributed by atoms with van der Waals surface area (Å²) in [6, 6.07) is 0. The summed E-state index contributed by atoms with van der Waals surface area (Å²) < 4.78 is 0. The van der Waals surface area contributed by atoms with Crippen molar-refractivity contribution in [3.63, 3.8) is 0 Å². The normalized spacial score (nSPS) is 22.4. The highest BCUT2D eigenvalue weighted by Gasteiger charge is 2.28. The number of aromatic nitrogens is 1. The van der Waals surface area contributed by atoms with Crippen LogP contribution in [0, 0.1) is 0 Å². The first-order valence-corrected chi connectivity index (χ1v) is 9.51. The highest BCUT2D eigenvalue weighted by molar-refractivity contribution is 8.14. The van der Waals surface area contributed by atoms with Crippen LogP contribution in [0.2, 0.25) is 0 Å². The van der Waals surface area contributed by atoms with Gasteiger partial charge in [-0.25, -0.2) is 4.98 Å². The fraction of sp³-hybridized carbons (Fsp3) is 0.667. The predicted molar refractivity (Wildman–Crippen MR) is 93.0 cm³/mol. The standard InChI is InChI=1S/C15H22N4OS2/c1-10(2)13-17-12(9-21-13)14(20)18-4-6-19(7-5-18)15-16-8-11(3)22-15/h9-11H,4-8H2,1-3H3/t11-/m1/s1. The van der Waals surface area contributed by atoms with E-state index in [9.17, 15) is 4.79 Å². The quantitative estimate of drug-likeness (QED) is 0.831. The number of carbonyl (C=O) groups excluding carboxylic acids is 1. The zero-order chi connectivity index (χ0) is 15.7. The predicted octanol–water partition coefficient (Wildman–Crippen LogP) is 2.52. The number of nitrogens with zero attached hydrogens (tertiary/aromatic N) is 4. The first-order chi connectivity index (χ1) is 10.5. The van der Waals surface area contributed by atoms with Gasteiger partial charge in [0.1, 0.15) is 5.69 Å². The van der Waals surface area contributed by atoms with Crippen LogP contribution in [0.25, 0.3) is 0 Å². The van der Waals surface area contributed by atoms with Crippen LogP contribution in [-0.2, 0) is 0 Å². The fourth-order valence-electron chi connectivity index (χ4n) is 2.55. The summed E-state index contributed by atoms with van der Waals surface area (Å²) in [5.41, 5.74) is 0.600. The molecule has 5 nitrogen and oxygen atoms in total. The highest BCUT2D eigenvalue weighted by atomic mass is 32.2. The number of piperazine rings is 1. The zero-order valence-electron chi connectivity index (χ0n) is 13.3. The first-order valence-electron chi connectivity index (χ1n) is 7.75. The Hall–Kier alpha value is -1.08. The maximum absolute atomic E-state index is 12.5. The van der Waals surface area contributed by atoms with Crippen LogP contribution in [-0.4, -0.2) is 63.8 Å². The third-order valence-electron chi connectivity index (χ3n) is 3.86. The maximum atomic E-state index is 12.5. The van der Waals surface area contributed by atoms with Crippen LogP contribution in [0.5, 0.6) is 0 Å². The number of thiazole rings is 1. The van der Waals surface area contributed by atoms with Crippen LogP contribution in [0.15, 0.2) is 10.4 Å². The molecular formula is C15H22N4OS2. The molecule has 0 radical (unpaired) electrons. The van der Waals surface area contributed by atoms with Gasteiger partial charge in [-0.15, -0.1) is 11.3 Å². The molecule has 0 unspecified atom stereocenters. The second-order valence-corrected chi connectivity index (χ2v) is 8.35. The van der Waals surface area contributed by atoms with Crippen molar-refractivity contribution in [2.75, 3.05) is 32.7 Å². The molecule has 1 saturated heterocycles. The van der Waals surface area contributed by atoms with Crippen LogP contribution in [0.3, 0.4) is 0 Å². The summed E-state index contributed by atoms with van der Waals surface area (Å²) >= 11 is 3.43. The summed E-state index contributed by atoms with van der Waals surface area (Å²) in [6.45, 7) is 10.6. The average Bonchev–Trinajstić information content (AvgIpc) is 3.16. The lowest BCUT2D eigenvalue weighted by atomic mass is 10.2. The molecule has 0 N–H and O–H groups in total. The molecule has 22 heavy (non-hydrogen) atoms. The molecule has 2 aliphatic heterocycles. The monoisotopic (exact) mass is 338 g/mol. The van der Waals surface area contributed by atoms with E-state index in [0.29, 0.717) is 16.9 Å². The van der Waals surface area contributed by atoms with Gasteiger partial charge in [0, 0.05) is 42.7 Å². The Bertz CT molecular complexity index is 576. The van der Waals surface area contributed by atoms with E-state index < -0.39 is 0 Å². The number of carbonyl (C=O) groups is 1. The van der Waals surface area contributed by atoms with Gasteiger partial charge in [-0.1, -0.05) is 32.5 Å². The molecule has 0 aromatic carbocycles. The van der Waals surface area contributed by atoms with Gasteiger partial charge >= 0.3 is 0 Å². The molecule has 1 atom stereocenters. The number of hydrogen-bond donors (Lipinski definition) is 0. The molecule has 2 aliphatic rings. The van der Waals surface area contributed by atoms with Gasteiger partial charge in [-0.05, 0) is 0 Å². The summed E-state index contributed by atoms with van der Waals surface area (Å²) in [5.74, 6) is 0.444. The third-order valence-corrected chi connectivity index (χ3v) is 6.16. The van der Waals surface area contributed by atoms with Crippen molar-refractivity contribution in [3.8, 4) is 0 Å². The van der Waals surface area contributed by atoms with E-state index in [1.54, 1.807) is 11.3 Å². The van der Waals surface area contributed by atoms with Gasteiger partial charge in [0.25, 0.3) is 5.91 Å². The van der Waals surface area contributed by atoms with E-state index in [1.807, 2.05) is 22.0 Å². The molecule has 1 amide bonds. The number of amidine groups is 1. The van der Waals surface area contributed by atoms with E-state index in [2.05, 4.69) is 35.6 Å². The summed E-state index contributed by atoms with van der Waals surface area (Å²) in [7, 11) is 0. The number of thioether (sulfide) groups is 1. The molecule has 120 valence electrons. The lowest BCUT2D eigenvalue weighted by molar-refractivity contribution is 0.0688. The molecule has 7 heteroatoms. The van der Waals surface area contributed by atoms with Gasteiger partial charge in [0.05, 0.1) is 11.6 Å². The molecule has 3 rings (SSSR count). The Morgan fingerprint density at radius 2 is 2.05 bits per heavy atom. The molecule has 0 saturated carbocycles. The zero-order valence-corrected chi connectivity index (χ0v) is 14.9. The molecule has 1 aromatic heterocycles. The van der Waals surface area contributed by atoms with Crippen molar-refractivity contribution in [2.24, 2.45) is 4.99 Å². The Balaban J connectivity index is 1.57. The van der Waals surface area contributed by atoms with Crippen molar-refractivity contribution in [2.45, 2.75) is 31.9 Å². The topological polar surface area (TPSA) is 48.8 Å². The largest absolute Gasteiger partial charge is 0.348 e. The van der Waals surface area contributed by atoms with E-state index in [-0.39, 0.29) is 5.91 Å². The summed E-state index contributed by atoms with van der Waals surface area (Å²) in [4.78, 5) is 25.8. The van der Waals surface area contributed by atoms with E-state index in [4.69, 9.17) is 0 Å². The van der Waals surface area contributed by atoms with Crippen molar-refractivity contribution in [3.05, 3.63) is 16.1 Å². The number of amides is 1. The number of hydrogen-bond acceptors (Lipinski definition) is 6. The van der Waals surface area contributed by atoms with Gasteiger partial charge < -0.3 is 9.80 Å². The Morgan fingerprint density at radius 1 is 1.32 bits per heavy atom. The lowest BCUT2D eigenvalue weighted by Crippen LogP contribution is -2.50. The Labute approximate surface area is 139 Å². The van der Waals surface area contributed by atoms with E-state index >= 15 is 0 Å². The van der Waals surface area contributed by atoms with E-state index in [1.165, 1.54) is 0 Å². The summed E-state index contributed by atoms with van der Waals surface area (Å²) in [6.07, 6.45) is 0. The van der Waals surface area contributed by atoms with Crippen molar-refractivity contribution in [1.29, 1.82) is 0 Å². The van der Waals surface area contributed by atoms with Gasteiger partial charge in [-0.2, -0.15) is 0 Å². The molecule has 1 aromatic rings. The van der Waals surface area contributed by atoms with Gasteiger partial charge in [-0.3, -0.25) is 9.79 Å².